The number of anilines is 2. The maximum Gasteiger partial charge on any atom is 0.340 e. The van der Waals surface area contributed by atoms with Gasteiger partial charge in [0.15, 0.2) is 0 Å². The molecule has 2 aromatic rings. The van der Waals surface area contributed by atoms with Crippen molar-refractivity contribution in [1.82, 2.24) is 4.37 Å². The molecule has 104 valence electrons. The summed E-state index contributed by atoms with van der Waals surface area (Å²) in [6.07, 6.45) is 0. The number of nitrogens with one attached hydrogen (secondary N) is 1. The Labute approximate surface area is 126 Å². The van der Waals surface area contributed by atoms with Crippen LogP contribution in [0.25, 0.3) is 0 Å². The topological polar surface area (TPSA) is 105 Å². The number of amides is 1. The van der Waals surface area contributed by atoms with Gasteiger partial charge in [-0.15, -0.1) is 0 Å². The van der Waals surface area contributed by atoms with Crippen LogP contribution in [0.4, 0.5) is 10.7 Å². The van der Waals surface area contributed by atoms with E-state index >= 15 is 0 Å². The van der Waals surface area contributed by atoms with E-state index < -0.39 is 11.9 Å². The number of aryl methyl sites for hydroxylation is 1. The number of carboxylic acid groups (broad SMARTS) is 1. The summed E-state index contributed by atoms with van der Waals surface area (Å²) in [6, 6.07) is 4.77. The highest BCUT2D eigenvalue weighted by atomic mass is 79.9. The van der Waals surface area contributed by atoms with Gasteiger partial charge in [-0.05, 0) is 36.7 Å². The molecule has 0 fully saturated rings. The monoisotopic (exact) mass is 355 g/mol. The third-order valence-electron chi connectivity index (χ3n) is 2.49. The van der Waals surface area contributed by atoms with Gasteiger partial charge in [-0.3, -0.25) is 4.79 Å². The number of benzene rings is 1. The molecule has 0 saturated heterocycles. The van der Waals surface area contributed by atoms with Crippen LogP contribution in [0.1, 0.15) is 26.4 Å². The van der Waals surface area contributed by atoms with Crippen molar-refractivity contribution in [2.45, 2.75) is 6.92 Å². The van der Waals surface area contributed by atoms with Crippen molar-refractivity contribution in [2.75, 3.05) is 11.1 Å². The summed E-state index contributed by atoms with van der Waals surface area (Å²) >= 11 is 4.17. The lowest BCUT2D eigenvalue weighted by Gasteiger charge is -2.05. The van der Waals surface area contributed by atoms with Crippen LogP contribution in [0.2, 0.25) is 0 Å². The molecular weight excluding hydrogens is 346 g/mol. The van der Waals surface area contributed by atoms with E-state index in [-0.39, 0.29) is 10.6 Å². The minimum atomic E-state index is -1.12. The van der Waals surface area contributed by atoms with Gasteiger partial charge >= 0.3 is 5.97 Å². The van der Waals surface area contributed by atoms with Gasteiger partial charge in [0, 0.05) is 15.7 Å². The first-order chi connectivity index (χ1) is 9.38. The first-order valence-corrected chi connectivity index (χ1v) is 7.02. The van der Waals surface area contributed by atoms with Gasteiger partial charge in [0.1, 0.15) is 10.6 Å². The highest BCUT2D eigenvalue weighted by molar-refractivity contribution is 9.10. The molecule has 8 heteroatoms. The number of hydrogen-bond donors (Lipinski definition) is 3. The van der Waals surface area contributed by atoms with Gasteiger partial charge in [-0.2, -0.15) is 4.37 Å². The summed E-state index contributed by atoms with van der Waals surface area (Å²) in [7, 11) is 0. The Morgan fingerprint density at radius 1 is 1.40 bits per heavy atom. The van der Waals surface area contributed by atoms with Gasteiger partial charge in [0.2, 0.25) is 0 Å². The fourth-order valence-corrected chi connectivity index (χ4v) is 2.92. The van der Waals surface area contributed by atoms with Crippen LogP contribution >= 0.6 is 27.5 Å². The molecule has 1 amide bonds. The molecule has 0 radical (unpaired) electrons. The number of carboxylic acids is 1. The van der Waals surface area contributed by atoms with E-state index in [2.05, 4.69) is 25.6 Å². The van der Waals surface area contributed by atoms with E-state index in [1.54, 1.807) is 19.1 Å². The number of nitrogens with two attached hydrogens (primary N) is 1. The van der Waals surface area contributed by atoms with Gasteiger partial charge in [0.05, 0.1) is 5.69 Å². The molecule has 0 unspecified atom stereocenters. The minimum absolute atomic E-state index is 0.00585. The second-order valence-electron chi connectivity index (χ2n) is 4.00. The zero-order valence-corrected chi connectivity index (χ0v) is 12.7. The van der Waals surface area contributed by atoms with Crippen LogP contribution in [0.3, 0.4) is 0 Å². The lowest BCUT2D eigenvalue weighted by Crippen LogP contribution is -2.14. The molecular formula is C12H10BrN3O3S. The second-order valence-corrected chi connectivity index (χ2v) is 5.69. The third kappa shape index (κ3) is 2.97. The largest absolute Gasteiger partial charge is 0.478 e. The third-order valence-corrected chi connectivity index (χ3v) is 3.80. The number of hydrogen-bond acceptors (Lipinski definition) is 5. The Kier molecular flexibility index (Phi) is 4.05. The molecule has 4 N–H and O–H groups in total. The summed E-state index contributed by atoms with van der Waals surface area (Å²) in [5.41, 5.74) is 6.80. The SMILES string of the molecule is Cc1nsc(NC(=O)c2cc(N)cc(Br)c2)c1C(=O)O. The summed E-state index contributed by atoms with van der Waals surface area (Å²) in [5, 5.41) is 11.8. The standard InChI is InChI=1S/C12H10BrN3O3S/c1-5-9(12(18)19)11(20-16-5)15-10(17)6-2-7(13)4-8(14)3-6/h2-4H,14H2,1H3,(H,15,17)(H,18,19). The number of nitrogen functional groups attached to an aromatic ring is 1. The summed E-state index contributed by atoms with van der Waals surface area (Å²) in [5.74, 6) is -1.57. The highest BCUT2D eigenvalue weighted by Crippen LogP contribution is 2.25. The van der Waals surface area contributed by atoms with E-state index in [1.807, 2.05) is 0 Å². The van der Waals surface area contributed by atoms with Crippen molar-refractivity contribution in [3.8, 4) is 0 Å². The summed E-state index contributed by atoms with van der Waals surface area (Å²) < 4.78 is 4.60. The minimum Gasteiger partial charge on any atom is -0.478 e. The number of carbonyl (C=O) groups excluding carboxylic acids is 1. The first-order valence-electron chi connectivity index (χ1n) is 5.45. The number of halogens is 1. The van der Waals surface area contributed by atoms with Gasteiger partial charge in [-0.25, -0.2) is 4.79 Å². The van der Waals surface area contributed by atoms with Crippen LogP contribution in [0.5, 0.6) is 0 Å². The van der Waals surface area contributed by atoms with E-state index in [1.165, 1.54) is 6.07 Å². The number of nitrogens with zero attached hydrogens (tertiary/aromatic N) is 1. The number of carbonyl (C=O) groups is 2. The predicted molar refractivity (Wildman–Crippen MR) is 80.3 cm³/mol. The Morgan fingerprint density at radius 3 is 2.70 bits per heavy atom. The normalized spacial score (nSPS) is 10.3. The van der Waals surface area contributed by atoms with E-state index in [9.17, 15) is 9.59 Å². The van der Waals surface area contributed by atoms with Crippen LogP contribution < -0.4 is 11.1 Å². The zero-order chi connectivity index (χ0) is 14.9. The predicted octanol–water partition coefficient (Wildman–Crippen LogP) is 2.75. The van der Waals surface area contributed by atoms with Crippen LogP contribution in [0, 0.1) is 6.92 Å². The molecule has 1 heterocycles. The van der Waals surface area contributed by atoms with Crippen LogP contribution in [-0.2, 0) is 0 Å². The number of aromatic nitrogens is 1. The average molecular weight is 356 g/mol. The summed E-state index contributed by atoms with van der Waals surface area (Å²) in [6.45, 7) is 1.58. The quantitative estimate of drug-likeness (QED) is 0.734. The van der Waals surface area contributed by atoms with Crippen LogP contribution in [0.15, 0.2) is 22.7 Å². The fourth-order valence-electron chi connectivity index (χ4n) is 1.63. The highest BCUT2D eigenvalue weighted by Gasteiger charge is 2.20. The van der Waals surface area contributed by atoms with Gasteiger partial charge in [0.25, 0.3) is 5.91 Å². The smallest absolute Gasteiger partial charge is 0.340 e. The van der Waals surface area contributed by atoms with Gasteiger partial charge < -0.3 is 16.2 Å². The Hall–Kier alpha value is -1.93. The Bertz CT molecular complexity index is 679. The Balaban J connectivity index is 2.30. The van der Waals surface area contributed by atoms with Crippen molar-refractivity contribution >= 4 is 50.0 Å². The first kappa shape index (κ1) is 14.5. The van der Waals surface area contributed by atoms with E-state index in [0.717, 1.165) is 11.5 Å². The lowest BCUT2D eigenvalue weighted by molar-refractivity contribution is 0.0697. The molecule has 1 aromatic heterocycles. The average Bonchev–Trinajstić information content (AvgIpc) is 2.69. The van der Waals surface area contributed by atoms with E-state index in [4.69, 9.17) is 10.8 Å². The zero-order valence-electron chi connectivity index (χ0n) is 10.3. The van der Waals surface area contributed by atoms with Crippen molar-refractivity contribution in [1.29, 1.82) is 0 Å². The molecule has 0 atom stereocenters. The lowest BCUT2D eigenvalue weighted by atomic mass is 10.2. The molecule has 1 aromatic carbocycles. The molecule has 0 saturated carbocycles. The molecule has 0 bridgehead atoms. The molecule has 20 heavy (non-hydrogen) atoms. The van der Waals surface area contributed by atoms with Crippen molar-refractivity contribution < 1.29 is 14.7 Å². The fraction of sp³-hybridized carbons (Fsp3) is 0.0833. The van der Waals surface area contributed by atoms with Crippen molar-refractivity contribution in [3.63, 3.8) is 0 Å². The molecule has 0 aliphatic rings. The molecule has 0 aliphatic heterocycles. The summed E-state index contributed by atoms with van der Waals surface area (Å²) in [4.78, 5) is 23.2. The maximum absolute atomic E-state index is 12.1. The van der Waals surface area contributed by atoms with Gasteiger partial charge in [-0.1, -0.05) is 15.9 Å². The van der Waals surface area contributed by atoms with E-state index in [0.29, 0.717) is 21.4 Å². The maximum atomic E-state index is 12.1. The second kappa shape index (κ2) is 5.59. The molecule has 0 spiro atoms. The Morgan fingerprint density at radius 2 is 2.10 bits per heavy atom. The molecule has 6 nitrogen and oxygen atoms in total. The molecule has 0 aliphatic carbocycles. The number of aromatic carboxylic acids is 1. The molecule has 2 rings (SSSR count). The van der Waals surface area contributed by atoms with Crippen LogP contribution in [-0.4, -0.2) is 21.4 Å². The number of rotatable bonds is 3. The van der Waals surface area contributed by atoms with Crippen molar-refractivity contribution in [3.05, 3.63) is 39.5 Å². The van der Waals surface area contributed by atoms with Crippen molar-refractivity contribution in [2.24, 2.45) is 0 Å².